The van der Waals surface area contributed by atoms with E-state index in [2.05, 4.69) is 18.9 Å². The van der Waals surface area contributed by atoms with Crippen LogP contribution in [0, 0.1) is 5.92 Å². The normalized spacial score (nSPS) is 20.0. The van der Waals surface area contributed by atoms with Gasteiger partial charge in [-0.15, -0.1) is 0 Å². The lowest BCUT2D eigenvalue weighted by molar-refractivity contribution is 0.211. The highest BCUT2D eigenvalue weighted by Crippen LogP contribution is 2.22. The lowest BCUT2D eigenvalue weighted by Gasteiger charge is -2.27. The molecule has 1 fully saturated rings. The highest BCUT2D eigenvalue weighted by Gasteiger charge is 2.16. The summed E-state index contributed by atoms with van der Waals surface area (Å²) >= 11 is 0. The van der Waals surface area contributed by atoms with Crippen LogP contribution in [0.4, 0.5) is 0 Å². The molecule has 2 N–H and O–H groups in total. The molecule has 1 atom stereocenters. The second-order valence-corrected chi connectivity index (χ2v) is 6.12. The minimum Gasteiger partial charge on any atom is -0.330 e. The maximum atomic E-state index is 5.66. The fraction of sp³-hybridized carbons (Fsp3) is 1.00. The van der Waals surface area contributed by atoms with Crippen molar-refractivity contribution in [1.82, 2.24) is 4.90 Å². The molecule has 2 heteroatoms. The van der Waals surface area contributed by atoms with Gasteiger partial charge < -0.3 is 10.6 Å². The van der Waals surface area contributed by atoms with Gasteiger partial charge in [0.05, 0.1) is 0 Å². The summed E-state index contributed by atoms with van der Waals surface area (Å²) in [5, 5.41) is 0. The van der Waals surface area contributed by atoms with Crippen LogP contribution in [0.2, 0.25) is 0 Å². The molecular formula is C16H34N2. The summed E-state index contributed by atoms with van der Waals surface area (Å²) in [6.07, 6.45) is 13.9. The molecule has 0 amide bonds. The van der Waals surface area contributed by atoms with Crippen molar-refractivity contribution in [3.05, 3.63) is 0 Å². The monoisotopic (exact) mass is 254 g/mol. The van der Waals surface area contributed by atoms with Crippen molar-refractivity contribution in [2.75, 3.05) is 20.1 Å². The maximum absolute atomic E-state index is 5.66. The number of hydrogen-bond donors (Lipinski definition) is 1. The van der Waals surface area contributed by atoms with Crippen molar-refractivity contribution in [2.45, 2.75) is 77.2 Å². The summed E-state index contributed by atoms with van der Waals surface area (Å²) in [5.41, 5.74) is 5.66. The van der Waals surface area contributed by atoms with Crippen molar-refractivity contribution in [1.29, 1.82) is 0 Å². The van der Waals surface area contributed by atoms with Crippen molar-refractivity contribution >= 4 is 0 Å². The Morgan fingerprint density at radius 1 is 1.11 bits per heavy atom. The molecule has 0 aromatic rings. The van der Waals surface area contributed by atoms with E-state index in [1.807, 2.05) is 0 Å². The summed E-state index contributed by atoms with van der Waals surface area (Å²) in [4.78, 5) is 2.63. The average Bonchev–Trinajstić information content (AvgIpc) is 2.66. The SMILES string of the molecule is CCC(CCN)CCCN(C)C1CCCCCC1. The Kier molecular flexibility index (Phi) is 8.70. The van der Waals surface area contributed by atoms with Gasteiger partial charge in [0.15, 0.2) is 0 Å². The Hall–Kier alpha value is -0.0800. The van der Waals surface area contributed by atoms with Crippen molar-refractivity contribution in [2.24, 2.45) is 11.7 Å². The van der Waals surface area contributed by atoms with Gasteiger partial charge in [-0.1, -0.05) is 39.0 Å². The molecule has 1 unspecified atom stereocenters. The second kappa shape index (κ2) is 9.80. The Bertz CT molecular complexity index is 186. The molecule has 18 heavy (non-hydrogen) atoms. The molecule has 1 aliphatic rings. The molecule has 1 rings (SSSR count). The number of nitrogens with zero attached hydrogens (tertiary/aromatic N) is 1. The maximum Gasteiger partial charge on any atom is 0.00922 e. The molecular weight excluding hydrogens is 220 g/mol. The van der Waals surface area contributed by atoms with E-state index in [-0.39, 0.29) is 0 Å². The van der Waals surface area contributed by atoms with E-state index < -0.39 is 0 Å². The van der Waals surface area contributed by atoms with Gasteiger partial charge in [0.1, 0.15) is 0 Å². The summed E-state index contributed by atoms with van der Waals surface area (Å²) in [7, 11) is 2.33. The van der Waals surface area contributed by atoms with Crippen LogP contribution in [0.3, 0.4) is 0 Å². The highest BCUT2D eigenvalue weighted by atomic mass is 15.1. The number of rotatable bonds is 8. The van der Waals surface area contributed by atoms with Crippen LogP contribution < -0.4 is 5.73 Å². The molecule has 108 valence electrons. The van der Waals surface area contributed by atoms with Gasteiger partial charge in [-0.25, -0.2) is 0 Å². The van der Waals surface area contributed by atoms with Crippen LogP contribution in [0.15, 0.2) is 0 Å². The van der Waals surface area contributed by atoms with Gasteiger partial charge in [0, 0.05) is 6.04 Å². The Morgan fingerprint density at radius 3 is 2.33 bits per heavy atom. The summed E-state index contributed by atoms with van der Waals surface area (Å²) < 4.78 is 0. The Morgan fingerprint density at radius 2 is 1.78 bits per heavy atom. The molecule has 0 radical (unpaired) electrons. The molecule has 0 aromatic heterocycles. The van der Waals surface area contributed by atoms with E-state index >= 15 is 0 Å². The first-order chi connectivity index (χ1) is 8.77. The highest BCUT2D eigenvalue weighted by molar-refractivity contribution is 4.72. The Balaban J connectivity index is 2.16. The van der Waals surface area contributed by atoms with Crippen molar-refractivity contribution in [3.63, 3.8) is 0 Å². The third-order valence-corrected chi connectivity index (χ3v) is 4.72. The van der Waals surface area contributed by atoms with Gasteiger partial charge in [0.2, 0.25) is 0 Å². The smallest absolute Gasteiger partial charge is 0.00922 e. The molecule has 0 spiro atoms. The van der Waals surface area contributed by atoms with Gasteiger partial charge in [0.25, 0.3) is 0 Å². The van der Waals surface area contributed by atoms with E-state index in [1.165, 1.54) is 70.8 Å². The van der Waals surface area contributed by atoms with Crippen LogP contribution in [0.1, 0.15) is 71.1 Å². The molecule has 0 bridgehead atoms. The van der Waals surface area contributed by atoms with Gasteiger partial charge in [-0.3, -0.25) is 0 Å². The zero-order chi connectivity index (χ0) is 13.2. The third-order valence-electron chi connectivity index (χ3n) is 4.72. The van der Waals surface area contributed by atoms with Crippen LogP contribution in [-0.4, -0.2) is 31.1 Å². The topological polar surface area (TPSA) is 29.3 Å². The minimum atomic E-state index is 0.858. The van der Waals surface area contributed by atoms with Crippen LogP contribution in [0.5, 0.6) is 0 Å². The van der Waals surface area contributed by atoms with E-state index in [4.69, 9.17) is 5.73 Å². The predicted molar refractivity (Wildman–Crippen MR) is 80.8 cm³/mol. The molecule has 1 aliphatic carbocycles. The van der Waals surface area contributed by atoms with Crippen LogP contribution >= 0.6 is 0 Å². The first-order valence-corrected chi connectivity index (χ1v) is 8.18. The molecule has 0 aromatic carbocycles. The van der Waals surface area contributed by atoms with E-state index in [1.54, 1.807) is 0 Å². The van der Waals surface area contributed by atoms with Gasteiger partial charge in [-0.2, -0.15) is 0 Å². The molecule has 0 aliphatic heterocycles. The zero-order valence-electron chi connectivity index (χ0n) is 12.7. The second-order valence-electron chi connectivity index (χ2n) is 6.12. The zero-order valence-corrected chi connectivity index (χ0v) is 12.7. The number of hydrogen-bond acceptors (Lipinski definition) is 2. The average molecular weight is 254 g/mol. The van der Waals surface area contributed by atoms with Gasteiger partial charge in [-0.05, 0) is 58.2 Å². The fourth-order valence-corrected chi connectivity index (χ4v) is 3.30. The van der Waals surface area contributed by atoms with Crippen molar-refractivity contribution < 1.29 is 0 Å². The molecule has 2 nitrogen and oxygen atoms in total. The Labute approximate surface area is 114 Å². The van der Waals surface area contributed by atoms with E-state index in [9.17, 15) is 0 Å². The predicted octanol–water partition coefficient (Wildman–Crippen LogP) is 3.80. The summed E-state index contributed by atoms with van der Waals surface area (Å²) in [5.74, 6) is 0.859. The molecule has 0 heterocycles. The van der Waals surface area contributed by atoms with Crippen LogP contribution in [-0.2, 0) is 0 Å². The quantitative estimate of drug-likeness (QED) is 0.668. The standard InChI is InChI=1S/C16H34N2/c1-3-15(12-13-17)9-8-14-18(2)16-10-6-4-5-7-11-16/h15-16H,3-14,17H2,1-2H3. The first kappa shape index (κ1) is 16.0. The first-order valence-electron chi connectivity index (χ1n) is 8.18. The summed E-state index contributed by atoms with van der Waals surface area (Å²) in [6, 6.07) is 0.863. The lowest BCUT2D eigenvalue weighted by atomic mass is 9.96. The molecule has 1 saturated carbocycles. The summed E-state index contributed by atoms with van der Waals surface area (Å²) in [6.45, 7) is 4.44. The molecule has 0 saturated heterocycles. The number of nitrogens with two attached hydrogens (primary N) is 1. The van der Waals surface area contributed by atoms with Gasteiger partial charge >= 0.3 is 0 Å². The minimum absolute atomic E-state index is 0.858. The largest absolute Gasteiger partial charge is 0.330 e. The fourth-order valence-electron chi connectivity index (χ4n) is 3.30. The third kappa shape index (κ3) is 6.19. The van der Waals surface area contributed by atoms with E-state index in [0.717, 1.165) is 18.5 Å². The van der Waals surface area contributed by atoms with Crippen molar-refractivity contribution in [3.8, 4) is 0 Å². The van der Waals surface area contributed by atoms with Crippen LogP contribution in [0.25, 0.3) is 0 Å². The van der Waals surface area contributed by atoms with E-state index in [0.29, 0.717) is 0 Å². The lowest BCUT2D eigenvalue weighted by Crippen LogP contribution is -2.32.